The number of ether oxygens (including phenoxy) is 1. The zero-order valence-corrected chi connectivity index (χ0v) is 11.7. The molecule has 1 aromatic heterocycles. The molecule has 0 saturated heterocycles. The zero-order chi connectivity index (χ0) is 14.0. The summed E-state index contributed by atoms with van der Waals surface area (Å²) in [6.45, 7) is 4.34. The molecule has 0 amide bonds. The van der Waals surface area contributed by atoms with E-state index in [-0.39, 0.29) is 11.6 Å². The molecule has 0 aliphatic heterocycles. The van der Waals surface area contributed by atoms with Gasteiger partial charge in [0.2, 0.25) is 0 Å². The van der Waals surface area contributed by atoms with E-state index in [4.69, 9.17) is 4.74 Å². The smallest absolute Gasteiger partial charge is 0.360 e. The summed E-state index contributed by atoms with van der Waals surface area (Å²) >= 11 is 0. The van der Waals surface area contributed by atoms with Crippen molar-refractivity contribution in [3.63, 3.8) is 0 Å². The first-order valence-electron chi connectivity index (χ1n) is 6.71. The molecule has 6 heteroatoms. The van der Waals surface area contributed by atoms with E-state index in [2.05, 4.69) is 10.3 Å². The van der Waals surface area contributed by atoms with Gasteiger partial charge in [-0.05, 0) is 18.8 Å². The van der Waals surface area contributed by atoms with E-state index in [9.17, 15) is 9.90 Å². The number of methoxy groups -OCH3 is 1. The minimum absolute atomic E-state index is 0.0918. The summed E-state index contributed by atoms with van der Waals surface area (Å²) in [7, 11) is 1.33. The van der Waals surface area contributed by atoms with Crippen LogP contribution in [0.25, 0.3) is 0 Å². The Kier molecular flexibility index (Phi) is 3.89. The second kappa shape index (κ2) is 5.28. The maximum atomic E-state index is 11.7. The number of carbonyl (C=O) groups is 1. The number of aromatic nitrogens is 3. The van der Waals surface area contributed by atoms with Crippen molar-refractivity contribution in [1.82, 2.24) is 15.0 Å². The fourth-order valence-electron chi connectivity index (χ4n) is 2.72. The van der Waals surface area contributed by atoms with E-state index in [0.717, 1.165) is 31.4 Å². The number of esters is 1. The van der Waals surface area contributed by atoms with Gasteiger partial charge in [0.15, 0.2) is 5.69 Å². The molecule has 106 valence electrons. The minimum Gasteiger partial charge on any atom is -0.464 e. The average molecular weight is 267 g/mol. The van der Waals surface area contributed by atoms with Gasteiger partial charge in [0, 0.05) is 0 Å². The summed E-state index contributed by atoms with van der Waals surface area (Å²) in [6.07, 6.45) is 3.62. The van der Waals surface area contributed by atoms with Crippen LogP contribution in [-0.2, 0) is 11.3 Å². The van der Waals surface area contributed by atoms with Crippen LogP contribution in [0.3, 0.4) is 0 Å². The number of aliphatic hydroxyl groups is 1. The van der Waals surface area contributed by atoms with Crippen molar-refractivity contribution in [3.05, 3.63) is 11.4 Å². The van der Waals surface area contributed by atoms with E-state index >= 15 is 0 Å². The molecule has 1 N–H and O–H groups in total. The zero-order valence-electron chi connectivity index (χ0n) is 11.7. The normalized spacial score (nSPS) is 17.9. The van der Waals surface area contributed by atoms with Crippen molar-refractivity contribution in [1.29, 1.82) is 0 Å². The van der Waals surface area contributed by atoms with Gasteiger partial charge in [-0.1, -0.05) is 31.9 Å². The Balaban J connectivity index is 2.30. The van der Waals surface area contributed by atoms with Crippen molar-refractivity contribution in [2.24, 2.45) is 0 Å². The predicted molar refractivity (Wildman–Crippen MR) is 68.9 cm³/mol. The third-order valence-electron chi connectivity index (χ3n) is 3.68. The Bertz CT molecular complexity index is 462. The molecule has 2 rings (SSSR count). The largest absolute Gasteiger partial charge is 0.464 e. The van der Waals surface area contributed by atoms with Crippen LogP contribution in [0.15, 0.2) is 0 Å². The number of nitrogens with zero attached hydrogens (tertiary/aromatic N) is 3. The van der Waals surface area contributed by atoms with Crippen molar-refractivity contribution in [2.45, 2.75) is 57.6 Å². The Morgan fingerprint density at radius 1 is 1.47 bits per heavy atom. The van der Waals surface area contributed by atoms with Crippen LogP contribution in [0.2, 0.25) is 0 Å². The fourth-order valence-corrected chi connectivity index (χ4v) is 2.72. The number of rotatable bonds is 4. The van der Waals surface area contributed by atoms with Gasteiger partial charge in [0.1, 0.15) is 0 Å². The van der Waals surface area contributed by atoms with Crippen LogP contribution in [0.5, 0.6) is 0 Å². The Hall–Kier alpha value is -1.43. The van der Waals surface area contributed by atoms with Crippen molar-refractivity contribution < 1.29 is 14.6 Å². The molecule has 6 nitrogen and oxygen atoms in total. The summed E-state index contributed by atoms with van der Waals surface area (Å²) in [5.41, 5.74) is 0.260. The first-order valence-corrected chi connectivity index (χ1v) is 6.71. The molecule has 0 bridgehead atoms. The maximum absolute atomic E-state index is 11.7. The van der Waals surface area contributed by atoms with Gasteiger partial charge in [0.25, 0.3) is 0 Å². The second-order valence-corrected chi connectivity index (χ2v) is 5.56. The van der Waals surface area contributed by atoms with Crippen LogP contribution in [-0.4, -0.2) is 38.8 Å². The summed E-state index contributed by atoms with van der Waals surface area (Å²) in [4.78, 5) is 11.7. The molecule has 0 atom stereocenters. The minimum atomic E-state index is -0.718. The van der Waals surface area contributed by atoms with Gasteiger partial charge in [-0.3, -0.25) is 0 Å². The molecular weight excluding hydrogens is 246 g/mol. The highest BCUT2D eigenvalue weighted by Gasteiger charge is 2.34. The highest BCUT2D eigenvalue weighted by molar-refractivity contribution is 5.88. The van der Waals surface area contributed by atoms with Gasteiger partial charge in [0.05, 0.1) is 24.9 Å². The molecule has 0 radical (unpaired) electrons. The van der Waals surface area contributed by atoms with Crippen LogP contribution in [0.4, 0.5) is 0 Å². The van der Waals surface area contributed by atoms with Gasteiger partial charge >= 0.3 is 5.97 Å². The first kappa shape index (κ1) is 14.0. The second-order valence-electron chi connectivity index (χ2n) is 5.56. The lowest BCUT2D eigenvalue weighted by Gasteiger charge is -2.23. The molecule has 1 heterocycles. The van der Waals surface area contributed by atoms with Crippen LogP contribution in [0, 0.1) is 0 Å². The summed E-state index contributed by atoms with van der Waals surface area (Å²) < 4.78 is 6.37. The van der Waals surface area contributed by atoms with E-state index in [1.165, 1.54) is 7.11 Å². The molecule has 0 unspecified atom stereocenters. The number of carbonyl (C=O) groups excluding carboxylic acids is 1. The van der Waals surface area contributed by atoms with Crippen molar-refractivity contribution in [3.8, 4) is 0 Å². The van der Waals surface area contributed by atoms with Crippen LogP contribution < -0.4 is 0 Å². The predicted octanol–water partition coefficient (Wildman–Crippen LogP) is 1.49. The molecular formula is C13H21N3O3. The Morgan fingerprint density at radius 2 is 2.11 bits per heavy atom. The van der Waals surface area contributed by atoms with Crippen LogP contribution >= 0.6 is 0 Å². The van der Waals surface area contributed by atoms with Crippen molar-refractivity contribution >= 4 is 5.97 Å². The Morgan fingerprint density at radius 3 is 2.63 bits per heavy atom. The molecule has 1 fully saturated rings. The third kappa shape index (κ3) is 2.78. The lowest BCUT2D eigenvalue weighted by Crippen LogP contribution is -2.32. The molecule has 1 aliphatic rings. The lowest BCUT2D eigenvalue weighted by atomic mass is 10.0. The monoisotopic (exact) mass is 267 g/mol. The van der Waals surface area contributed by atoms with Gasteiger partial charge in [-0.25, -0.2) is 9.48 Å². The first-order chi connectivity index (χ1) is 8.97. The number of hydrogen-bond acceptors (Lipinski definition) is 5. The standard InChI is InChI=1S/C13H21N3O3/c1-9(2)11-10(12(17)19-3)14-15-16(11)8-13(18)6-4-5-7-13/h9,18H,4-8H2,1-3H3. The molecule has 1 aliphatic carbocycles. The number of hydrogen-bond donors (Lipinski definition) is 1. The summed E-state index contributed by atoms with van der Waals surface area (Å²) in [5.74, 6) is -0.387. The molecule has 1 aromatic rings. The fraction of sp³-hybridized carbons (Fsp3) is 0.769. The summed E-state index contributed by atoms with van der Waals surface area (Å²) in [5, 5.41) is 18.4. The molecule has 0 aromatic carbocycles. The van der Waals surface area contributed by atoms with E-state index in [0.29, 0.717) is 6.54 Å². The molecule has 0 spiro atoms. The highest BCUT2D eigenvalue weighted by Crippen LogP contribution is 2.32. The van der Waals surface area contributed by atoms with Gasteiger partial charge < -0.3 is 9.84 Å². The average Bonchev–Trinajstić information content (AvgIpc) is 2.95. The highest BCUT2D eigenvalue weighted by atomic mass is 16.5. The van der Waals surface area contributed by atoms with E-state index in [1.807, 2.05) is 13.8 Å². The third-order valence-corrected chi connectivity index (χ3v) is 3.68. The van der Waals surface area contributed by atoms with Crippen LogP contribution in [0.1, 0.15) is 61.6 Å². The van der Waals surface area contributed by atoms with Crippen molar-refractivity contribution in [2.75, 3.05) is 7.11 Å². The Labute approximate surface area is 112 Å². The quantitative estimate of drug-likeness (QED) is 0.836. The molecule has 19 heavy (non-hydrogen) atoms. The topological polar surface area (TPSA) is 77.2 Å². The molecule has 1 saturated carbocycles. The van der Waals surface area contributed by atoms with E-state index in [1.54, 1.807) is 4.68 Å². The summed E-state index contributed by atoms with van der Waals surface area (Å²) in [6, 6.07) is 0. The maximum Gasteiger partial charge on any atom is 0.360 e. The lowest BCUT2D eigenvalue weighted by molar-refractivity contribution is 0.0249. The van der Waals surface area contributed by atoms with Gasteiger partial charge in [-0.2, -0.15) is 0 Å². The van der Waals surface area contributed by atoms with E-state index < -0.39 is 11.6 Å². The van der Waals surface area contributed by atoms with Gasteiger partial charge in [-0.15, -0.1) is 5.10 Å². The SMILES string of the molecule is COC(=O)c1nnn(CC2(O)CCCC2)c1C(C)C.